The Balaban J connectivity index is 1.38. The summed E-state index contributed by atoms with van der Waals surface area (Å²) in [6.07, 6.45) is -4.63. The predicted molar refractivity (Wildman–Crippen MR) is 125 cm³/mol. The molecule has 0 saturated carbocycles. The molecule has 0 spiro atoms. The van der Waals surface area contributed by atoms with E-state index in [1.54, 1.807) is 42.5 Å². The molecule has 0 unspecified atom stereocenters. The molecule has 0 atom stereocenters. The van der Waals surface area contributed by atoms with E-state index in [9.17, 15) is 22.8 Å². The molecule has 11 heteroatoms. The zero-order valence-corrected chi connectivity index (χ0v) is 18.1. The van der Waals surface area contributed by atoms with Crippen molar-refractivity contribution in [3.8, 4) is 0 Å². The van der Waals surface area contributed by atoms with Crippen molar-refractivity contribution in [1.29, 1.82) is 0 Å². The lowest BCUT2D eigenvalue weighted by atomic mass is 10.1. The number of nitrogens with zero attached hydrogens (tertiary/aromatic N) is 1. The number of aromatic amines is 1. The van der Waals surface area contributed by atoms with Crippen LogP contribution in [0, 0.1) is 0 Å². The van der Waals surface area contributed by atoms with Gasteiger partial charge in [-0.25, -0.2) is 9.89 Å². The molecule has 1 heterocycles. The highest BCUT2D eigenvalue weighted by atomic mass is 35.5. The summed E-state index contributed by atoms with van der Waals surface area (Å²) in [4.78, 5) is 24.1. The van der Waals surface area contributed by atoms with Gasteiger partial charge in [0.25, 0.3) is 5.56 Å². The lowest BCUT2D eigenvalue weighted by Gasteiger charge is -2.13. The summed E-state index contributed by atoms with van der Waals surface area (Å²) in [5.41, 5.74) is -0.0400. The minimum absolute atomic E-state index is 0.0457. The second-order valence-corrected chi connectivity index (χ2v) is 7.68. The lowest BCUT2D eigenvalue weighted by molar-refractivity contribution is -0.137. The van der Waals surface area contributed by atoms with Crippen LogP contribution in [0.2, 0.25) is 5.02 Å². The lowest BCUT2D eigenvalue weighted by Crippen LogP contribution is -2.20. The number of hydrogen-bond donors (Lipinski definition) is 4. The number of carbonyl (C=O) groups is 1. The summed E-state index contributed by atoms with van der Waals surface area (Å²) in [6, 6.07) is 16.3. The van der Waals surface area contributed by atoms with Gasteiger partial charge in [0.15, 0.2) is 5.82 Å². The van der Waals surface area contributed by atoms with Crippen LogP contribution in [0.1, 0.15) is 11.1 Å². The second kappa shape index (κ2) is 9.44. The number of H-pyrrole nitrogens is 1. The first-order valence-electron chi connectivity index (χ1n) is 9.96. The van der Waals surface area contributed by atoms with Crippen molar-refractivity contribution >= 4 is 45.6 Å². The number of carbonyl (C=O) groups excluding carboxylic acids is 1. The van der Waals surface area contributed by atoms with Gasteiger partial charge in [-0.1, -0.05) is 41.9 Å². The van der Waals surface area contributed by atoms with Crippen molar-refractivity contribution < 1.29 is 18.0 Å². The van der Waals surface area contributed by atoms with E-state index in [2.05, 4.69) is 26.1 Å². The van der Waals surface area contributed by atoms with Crippen LogP contribution in [0.25, 0.3) is 10.8 Å². The van der Waals surface area contributed by atoms with E-state index in [-0.39, 0.29) is 11.2 Å². The summed E-state index contributed by atoms with van der Waals surface area (Å²) in [6.45, 7) is 0.403. The van der Waals surface area contributed by atoms with Crippen molar-refractivity contribution in [1.82, 2.24) is 10.2 Å². The van der Waals surface area contributed by atoms with E-state index in [4.69, 9.17) is 11.6 Å². The summed E-state index contributed by atoms with van der Waals surface area (Å²) in [7, 11) is 0. The number of halogens is 4. The maximum absolute atomic E-state index is 13.0. The third-order valence-corrected chi connectivity index (χ3v) is 5.23. The molecule has 0 saturated heterocycles. The Bertz CT molecular complexity index is 1400. The number of nitrogens with one attached hydrogen (secondary N) is 4. The first kappa shape index (κ1) is 23.1. The van der Waals surface area contributed by atoms with E-state index in [1.165, 1.54) is 6.07 Å². The maximum atomic E-state index is 13.0. The first-order valence-corrected chi connectivity index (χ1v) is 10.3. The van der Waals surface area contributed by atoms with Crippen molar-refractivity contribution in [2.75, 3.05) is 16.0 Å². The van der Waals surface area contributed by atoms with Crippen molar-refractivity contribution in [2.45, 2.75) is 12.7 Å². The molecule has 0 fully saturated rings. The van der Waals surface area contributed by atoms with E-state index in [0.717, 1.165) is 17.7 Å². The Kier molecular flexibility index (Phi) is 6.42. The molecule has 0 radical (unpaired) electrons. The number of alkyl halides is 3. The van der Waals surface area contributed by atoms with Gasteiger partial charge in [0.2, 0.25) is 0 Å². The Labute approximate surface area is 196 Å². The van der Waals surface area contributed by atoms with Gasteiger partial charge >= 0.3 is 12.2 Å². The zero-order valence-electron chi connectivity index (χ0n) is 17.3. The molecule has 34 heavy (non-hydrogen) atoms. The summed E-state index contributed by atoms with van der Waals surface area (Å²) in [5.74, 6) is 0.526. The highest BCUT2D eigenvalue weighted by Crippen LogP contribution is 2.36. The fourth-order valence-corrected chi connectivity index (χ4v) is 3.48. The molecule has 3 aromatic carbocycles. The van der Waals surface area contributed by atoms with Gasteiger partial charge in [-0.15, -0.1) is 0 Å². The molecule has 0 aliphatic heterocycles. The average molecular weight is 488 g/mol. The molecule has 4 aromatic rings. The van der Waals surface area contributed by atoms with Gasteiger partial charge in [-0.05, 0) is 42.0 Å². The van der Waals surface area contributed by atoms with Gasteiger partial charge < -0.3 is 16.0 Å². The van der Waals surface area contributed by atoms with E-state index in [1.807, 2.05) is 6.07 Å². The SMILES string of the molecule is O=C(Nc1ccc(CNc2n[nH]c(=O)c3ccccc23)cc1)Nc1ccc(Cl)c(C(F)(F)F)c1. The van der Waals surface area contributed by atoms with Gasteiger partial charge in [-0.3, -0.25) is 4.79 Å². The fourth-order valence-electron chi connectivity index (χ4n) is 3.25. The van der Waals surface area contributed by atoms with E-state index >= 15 is 0 Å². The molecule has 4 N–H and O–H groups in total. The molecule has 0 bridgehead atoms. The number of urea groups is 1. The quantitative estimate of drug-likeness (QED) is 0.284. The van der Waals surface area contributed by atoms with Gasteiger partial charge in [0, 0.05) is 23.3 Å². The summed E-state index contributed by atoms with van der Waals surface area (Å²) < 4.78 is 38.9. The highest BCUT2D eigenvalue weighted by Gasteiger charge is 2.33. The number of rotatable bonds is 5. The Hall–Kier alpha value is -4.05. The topological polar surface area (TPSA) is 98.9 Å². The standard InChI is InChI=1S/C23H17ClF3N5O2/c24-19-10-9-15(11-18(19)23(25,26)27)30-22(34)29-14-7-5-13(6-8-14)12-28-20-16-3-1-2-4-17(16)21(33)32-31-20/h1-11H,12H2,(H,28,31)(H,32,33)(H2,29,30,34). The number of benzene rings is 3. The van der Waals surface area contributed by atoms with Crippen molar-refractivity contribution in [3.05, 3.63) is 93.2 Å². The van der Waals surface area contributed by atoms with Crippen molar-refractivity contribution in [2.24, 2.45) is 0 Å². The monoisotopic (exact) mass is 487 g/mol. The molecule has 2 amide bonds. The zero-order chi connectivity index (χ0) is 24.3. The molecule has 7 nitrogen and oxygen atoms in total. The molecule has 0 aliphatic carbocycles. The Morgan fingerprint density at radius 3 is 2.29 bits per heavy atom. The summed E-state index contributed by atoms with van der Waals surface area (Å²) in [5, 5.41) is 15.3. The number of fused-ring (bicyclic) bond motifs is 1. The summed E-state index contributed by atoms with van der Waals surface area (Å²) >= 11 is 5.59. The molecular weight excluding hydrogens is 471 g/mol. The molecule has 174 valence electrons. The molecule has 0 aliphatic rings. The van der Waals surface area contributed by atoms with Crippen molar-refractivity contribution in [3.63, 3.8) is 0 Å². The first-order chi connectivity index (χ1) is 16.2. The maximum Gasteiger partial charge on any atom is 0.417 e. The van der Waals surface area contributed by atoms with Gasteiger partial charge in [-0.2, -0.15) is 18.3 Å². The number of amides is 2. The fraction of sp³-hybridized carbons (Fsp3) is 0.0870. The molecular formula is C23H17ClF3N5O2. The normalized spacial score (nSPS) is 11.3. The van der Waals surface area contributed by atoms with Crippen LogP contribution >= 0.6 is 11.6 Å². The van der Waals surface area contributed by atoms with Gasteiger partial charge in [0.05, 0.1) is 16.0 Å². The number of anilines is 3. The minimum atomic E-state index is -4.63. The van der Waals surface area contributed by atoms with E-state index < -0.39 is 22.8 Å². The van der Waals surface area contributed by atoms with E-state index in [0.29, 0.717) is 28.8 Å². The smallest absolute Gasteiger partial charge is 0.364 e. The molecule has 4 rings (SSSR count). The third kappa shape index (κ3) is 5.29. The Morgan fingerprint density at radius 2 is 1.59 bits per heavy atom. The Morgan fingerprint density at radius 1 is 0.941 bits per heavy atom. The predicted octanol–water partition coefficient (Wildman–Crippen LogP) is 5.85. The van der Waals surface area contributed by atoms with Crippen LogP contribution in [-0.2, 0) is 12.7 Å². The van der Waals surface area contributed by atoms with Crippen LogP contribution < -0.4 is 21.5 Å². The van der Waals surface area contributed by atoms with Crippen LogP contribution in [0.5, 0.6) is 0 Å². The average Bonchev–Trinajstić information content (AvgIpc) is 2.80. The highest BCUT2D eigenvalue weighted by molar-refractivity contribution is 6.31. The number of hydrogen-bond acceptors (Lipinski definition) is 4. The van der Waals surface area contributed by atoms with Crippen LogP contribution in [0.3, 0.4) is 0 Å². The van der Waals surface area contributed by atoms with Crippen LogP contribution in [0.4, 0.5) is 35.2 Å². The van der Waals surface area contributed by atoms with Crippen LogP contribution in [0.15, 0.2) is 71.5 Å². The van der Waals surface area contributed by atoms with Crippen LogP contribution in [-0.4, -0.2) is 16.2 Å². The number of aromatic nitrogens is 2. The second-order valence-electron chi connectivity index (χ2n) is 7.27. The molecule has 1 aromatic heterocycles. The third-order valence-electron chi connectivity index (χ3n) is 4.90. The largest absolute Gasteiger partial charge is 0.417 e. The minimum Gasteiger partial charge on any atom is -0.364 e. The van der Waals surface area contributed by atoms with Gasteiger partial charge in [0.1, 0.15) is 0 Å².